The number of rotatable bonds is 2. The summed E-state index contributed by atoms with van der Waals surface area (Å²) in [6.07, 6.45) is 3.75. The van der Waals surface area contributed by atoms with Crippen LogP contribution in [0.25, 0.3) is 0 Å². The largest absolute Gasteiger partial charge is 0.299 e. The first kappa shape index (κ1) is 13.0. The third-order valence-corrected chi connectivity index (χ3v) is 3.15. The van der Waals surface area contributed by atoms with Crippen molar-refractivity contribution in [1.29, 1.82) is 0 Å². The van der Waals surface area contributed by atoms with E-state index in [9.17, 15) is 9.59 Å². The fourth-order valence-electron chi connectivity index (χ4n) is 1.97. The lowest BCUT2D eigenvalue weighted by molar-refractivity contribution is -0.125. The Morgan fingerprint density at radius 1 is 1.31 bits per heavy atom. The third kappa shape index (κ3) is 3.48. The van der Waals surface area contributed by atoms with Crippen LogP contribution < -0.4 is 0 Å². The quantitative estimate of drug-likeness (QED) is 0.529. The number of hydrogen-bond donors (Lipinski definition) is 0. The van der Waals surface area contributed by atoms with E-state index in [2.05, 4.69) is 11.8 Å². The van der Waals surface area contributed by atoms with E-state index in [1.54, 1.807) is 0 Å². The fraction of sp³-hybridized carbons (Fsp3) is 0.714. The van der Waals surface area contributed by atoms with E-state index in [4.69, 9.17) is 0 Å². The van der Waals surface area contributed by atoms with Gasteiger partial charge in [-0.3, -0.25) is 9.59 Å². The molecule has 0 N–H and O–H groups in total. The minimum absolute atomic E-state index is 0.0236. The highest BCUT2D eigenvalue weighted by Crippen LogP contribution is 2.26. The molecule has 1 fully saturated rings. The van der Waals surface area contributed by atoms with Crippen LogP contribution in [0.5, 0.6) is 0 Å². The van der Waals surface area contributed by atoms with E-state index in [0.29, 0.717) is 12.2 Å². The molecule has 88 valence electrons. The summed E-state index contributed by atoms with van der Waals surface area (Å²) in [5.41, 5.74) is 0. The molecule has 0 aliphatic heterocycles. The zero-order valence-electron chi connectivity index (χ0n) is 10.4. The first-order valence-electron chi connectivity index (χ1n) is 6.10. The summed E-state index contributed by atoms with van der Waals surface area (Å²) in [5, 5.41) is 0. The molecule has 0 saturated heterocycles. The molecular formula is C14H20O2. The lowest BCUT2D eigenvalue weighted by Gasteiger charge is -2.22. The molecule has 16 heavy (non-hydrogen) atoms. The summed E-state index contributed by atoms with van der Waals surface area (Å²) < 4.78 is 0. The Bertz CT molecular complexity index is 330. The number of hydrogen-bond acceptors (Lipinski definition) is 2. The summed E-state index contributed by atoms with van der Waals surface area (Å²) >= 11 is 0. The number of Topliss-reactive ketones (excluding diaryl/α,β-unsaturated/α-hetero) is 2. The van der Waals surface area contributed by atoms with Crippen molar-refractivity contribution in [2.24, 2.45) is 17.8 Å². The molecule has 0 aromatic heterocycles. The van der Waals surface area contributed by atoms with Crippen molar-refractivity contribution >= 4 is 11.6 Å². The van der Waals surface area contributed by atoms with Crippen molar-refractivity contribution in [1.82, 2.24) is 0 Å². The molecule has 2 nitrogen and oxygen atoms in total. The standard InChI is InChI=1S/C14H20O2/c1-10(2)13(15)9-8-11(3)12-6-4-5-7-14(12)16/h10-12H,4-7H2,1-3H3. The van der Waals surface area contributed by atoms with E-state index >= 15 is 0 Å². The van der Waals surface area contributed by atoms with E-state index in [1.807, 2.05) is 20.8 Å². The normalized spacial score (nSPS) is 22.5. The van der Waals surface area contributed by atoms with Crippen LogP contribution in [0.1, 0.15) is 46.5 Å². The van der Waals surface area contributed by atoms with Crippen molar-refractivity contribution in [2.75, 3.05) is 0 Å². The van der Waals surface area contributed by atoms with Crippen molar-refractivity contribution in [2.45, 2.75) is 46.5 Å². The number of carbonyl (C=O) groups excluding carboxylic acids is 2. The molecule has 1 rings (SSSR count). The van der Waals surface area contributed by atoms with E-state index in [1.165, 1.54) is 0 Å². The minimum atomic E-state index is -0.0400. The monoisotopic (exact) mass is 220 g/mol. The maximum Gasteiger partial charge on any atom is 0.207 e. The third-order valence-electron chi connectivity index (χ3n) is 3.15. The van der Waals surface area contributed by atoms with Gasteiger partial charge in [-0.2, -0.15) is 0 Å². The average Bonchev–Trinajstić information content (AvgIpc) is 2.25. The van der Waals surface area contributed by atoms with Gasteiger partial charge in [0.2, 0.25) is 5.78 Å². The second-order valence-corrected chi connectivity index (χ2v) is 4.90. The van der Waals surface area contributed by atoms with Crippen molar-refractivity contribution in [3.8, 4) is 11.8 Å². The molecule has 0 amide bonds. The van der Waals surface area contributed by atoms with Crippen LogP contribution in [0.2, 0.25) is 0 Å². The lowest BCUT2D eigenvalue weighted by Crippen LogP contribution is -2.24. The molecule has 2 unspecified atom stereocenters. The highest BCUT2D eigenvalue weighted by Gasteiger charge is 2.26. The van der Waals surface area contributed by atoms with Crippen LogP contribution in [0.4, 0.5) is 0 Å². The second kappa shape index (κ2) is 5.84. The predicted molar refractivity (Wildman–Crippen MR) is 63.8 cm³/mol. The molecule has 1 saturated carbocycles. The maximum atomic E-state index is 11.7. The van der Waals surface area contributed by atoms with E-state index < -0.39 is 0 Å². The lowest BCUT2D eigenvalue weighted by atomic mass is 9.80. The Morgan fingerprint density at radius 2 is 2.00 bits per heavy atom. The summed E-state index contributed by atoms with van der Waals surface area (Å²) in [5.74, 6) is 5.93. The molecule has 0 heterocycles. The first-order chi connectivity index (χ1) is 7.52. The van der Waals surface area contributed by atoms with Crippen molar-refractivity contribution in [3.05, 3.63) is 0 Å². The first-order valence-corrected chi connectivity index (χ1v) is 6.10. The van der Waals surface area contributed by atoms with Gasteiger partial charge in [0.05, 0.1) is 0 Å². The van der Waals surface area contributed by atoms with Gasteiger partial charge in [-0.25, -0.2) is 0 Å². The Labute approximate surface area is 97.8 Å². The van der Waals surface area contributed by atoms with E-state index in [-0.39, 0.29) is 23.5 Å². The van der Waals surface area contributed by atoms with Gasteiger partial charge in [0.25, 0.3) is 0 Å². The Morgan fingerprint density at radius 3 is 2.56 bits per heavy atom. The van der Waals surface area contributed by atoms with Gasteiger partial charge in [-0.1, -0.05) is 33.1 Å². The minimum Gasteiger partial charge on any atom is -0.299 e. The van der Waals surface area contributed by atoms with Gasteiger partial charge in [0, 0.05) is 24.2 Å². The van der Waals surface area contributed by atoms with Gasteiger partial charge >= 0.3 is 0 Å². The predicted octanol–water partition coefficient (Wildman–Crippen LogP) is 2.61. The Hall–Kier alpha value is -1.10. The van der Waals surface area contributed by atoms with Crippen molar-refractivity contribution in [3.63, 3.8) is 0 Å². The van der Waals surface area contributed by atoms with Crippen LogP contribution in [0.15, 0.2) is 0 Å². The number of ketones is 2. The highest BCUT2D eigenvalue weighted by molar-refractivity contribution is 5.97. The molecule has 0 radical (unpaired) electrons. The van der Waals surface area contributed by atoms with E-state index in [0.717, 1.165) is 19.3 Å². The van der Waals surface area contributed by atoms with Crippen LogP contribution in [-0.2, 0) is 9.59 Å². The SMILES string of the molecule is CC(C)C(=O)C#CC(C)C1CCCCC1=O. The fourth-order valence-corrected chi connectivity index (χ4v) is 1.97. The zero-order chi connectivity index (χ0) is 12.1. The summed E-state index contributed by atoms with van der Waals surface area (Å²) in [6, 6.07) is 0. The van der Waals surface area contributed by atoms with Crippen LogP contribution >= 0.6 is 0 Å². The molecule has 0 aromatic carbocycles. The Balaban J connectivity index is 2.60. The molecule has 0 spiro atoms. The summed E-state index contributed by atoms with van der Waals surface area (Å²) in [6.45, 7) is 5.63. The maximum absolute atomic E-state index is 11.7. The topological polar surface area (TPSA) is 34.1 Å². The molecule has 1 aliphatic carbocycles. The molecular weight excluding hydrogens is 200 g/mol. The molecule has 2 heteroatoms. The van der Waals surface area contributed by atoms with Crippen LogP contribution in [0.3, 0.4) is 0 Å². The zero-order valence-corrected chi connectivity index (χ0v) is 10.4. The van der Waals surface area contributed by atoms with Gasteiger partial charge in [0.1, 0.15) is 5.78 Å². The molecule has 0 aromatic rings. The van der Waals surface area contributed by atoms with Crippen LogP contribution in [-0.4, -0.2) is 11.6 Å². The molecule has 1 aliphatic rings. The van der Waals surface area contributed by atoms with Gasteiger partial charge in [-0.15, -0.1) is 0 Å². The van der Waals surface area contributed by atoms with Crippen LogP contribution in [0, 0.1) is 29.6 Å². The van der Waals surface area contributed by atoms with Gasteiger partial charge < -0.3 is 0 Å². The summed E-state index contributed by atoms with van der Waals surface area (Å²) in [7, 11) is 0. The summed E-state index contributed by atoms with van der Waals surface area (Å²) in [4.78, 5) is 23.0. The van der Waals surface area contributed by atoms with Crippen molar-refractivity contribution < 1.29 is 9.59 Å². The Kier molecular flexibility index (Phi) is 4.73. The van der Waals surface area contributed by atoms with Gasteiger partial charge in [0.15, 0.2) is 0 Å². The van der Waals surface area contributed by atoms with Gasteiger partial charge in [-0.05, 0) is 18.8 Å². The second-order valence-electron chi connectivity index (χ2n) is 4.90. The molecule has 2 atom stereocenters. The average molecular weight is 220 g/mol. The molecule has 0 bridgehead atoms. The highest BCUT2D eigenvalue weighted by atomic mass is 16.1. The smallest absolute Gasteiger partial charge is 0.207 e. The number of carbonyl (C=O) groups is 2.